The molecule has 0 aromatic heterocycles. The van der Waals surface area contributed by atoms with Crippen molar-refractivity contribution in [3.63, 3.8) is 0 Å². The maximum absolute atomic E-state index is 13.7. The third-order valence-electron chi connectivity index (χ3n) is 6.17. The van der Waals surface area contributed by atoms with Crippen molar-refractivity contribution in [2.75, 3.05) is 25.0 Å². The molecule has 3 rings (SSSR count). The van der Waals surface area contributed by atoms with Crippen molar-refractivity contribution in [2.24, 2.45) is 0 Å². The first-order chi connectivity index (χ1) is 17.7. The van der Waals surface area contributed by atoms with Gasteiger partial charge in [0.1, 0.15) is 18.3 Å². The monoisotopic (exact) mass is 523 g/mol. The molecule has 2 amide bonds. The van der Waals surface area contributed by atoms with E-state index in [-0.39, 0.29) is 17.3 Å². The fraction of sp³-hybridized carbons (Fsp3) is 0.286. The van der Waals surface area contributed by atoms with Gasteiger partial charge in [-0.1, -0.05) is 49.4 Å². The molecule has 0 bridgehead atoms. The highest BCUT2D eigenvalue weighted by atomic mass is 32.2. The summed E-state index contributed by atoms with van der Waals surface area (Å²) in [5.41, 5.74) is 2.18. The van der Waals surface area contributed by atoms with Crippen LogP contribution in [-0.2, 0) is 32.6 Å². The van der Waals surface area contributed by atoms with E-state index in [1.807, 2.05) is 19.1 Å². The number of anilines is 1. The normalized spacial score (nSPS) is 11.9. The molecule has 0 aliphatic carbocycles. The fourth-order valence-electron chi connectivity index (χ4n) is 3.87. The van der Waals surface area contributed by atoms with E-state index in [0.717, 1.165) is 21.9 Å². The van der Waals surface area contributed by atoms with Gasteiger partial charge in [-0.05, 0) is 60.9 Å². The predicted octanol–water partition coefficient (Wildman–Crippen LogP) is 3.62. The first-order valence-corrected chi connectivity index (χ1v) is 13.5. The minimum atomic E-state index is -4.07. The Morgan fingerprint density at radius 2 is 1.51 bits per heavy atom. The van der Waals surface area contributed by atoms with E-state index in [1.54, 1.807) is 68.6 Å². The van der Waals surface area contributed by atoms with Gasteiger partial charge in [0.15, 0.2) is 0 Å². The molecular formula is C28H33N3O5S. The van der Waals surface area contributed by atoms with E-state index in [9.17, 15) is 18.0 Å². The summed E-state index contributed by atoms with van der Waals surface area (Å²) < 4.78 is 33.7. The molecule has 37 heavy (non-hydrogen) atoms. The number of hydrogen-bond acceptors (Lipinski definition) is 5. The van der Waals surface area contributed by atoms with Gasteiger partial charge in [0.2, 0.25) is 11.8 Å². The van der Waals surface area contributed by atoms with Gasteiger partial charge in [0.25, 0.3) is 10.0 Å². The van der Waals surface area contributed by atoms with Crippen LogP contribution >= 0.6 is 0 Å². The third kappa shape index (κ3) is 6.68. The Bertz CT molecular complexity index is 1290. The van der Waals surface area contributed by atoms with Crippen LogP contribution in [0, 0.1) is 0 Å². The van der Waals surface area contributed by atoms with Crippen LogP contribution in [0.25, 0.3) is 0 Å². The van der Waals surface area contributed by atoms with E-state index < -0.39 is 28.5 Å². The van der Waals surface area contributed by atoms with Crippen LogP contribution in [0.4, 0.5) is 5.69 Å². The Morgan fingerprint density at radius 1 is 0.919 bits per heavy atom. The van der Waals surface area contributed by atoms with Crippen LogP contribution in [0.2, 0.25) is 0 Å². The van der Waals surface area contributed by atoms with Crippen LogP contribution < -0.4 is 14.4 Å². The zero-order chi connectivity index (χ0) is 27.0. The van der Waals surface area contributed by atoms with Gasteiger partial charge in [0.05, 0.1) is 17.7 Å². The number of sulfonamides is 1. The van der Waals surface area contributed by atoms with Crippen molar-refractivity contribution in [1.29, 1.82) is 0 Å². The summed E-state index contributed by atoms with van der Waals surface area (Å²) in [5.74, 6) is -0.200. The number of rotatable bonds is 11. The first kappa shape index (κ1) is 27.7. The molecule has 3 aromatic carbocycles. The van der Waals surface area contributed by atoms with Crippen molar-refractivity contribution in [3.05, 3.63) is 90.0 Å². The lowest BCUT2D eigenvalue weighted by atomic mass is 10.1. The van der Waals surface area contributed by atoms with Crippen LogP contribution in [0.1, 0.15) is 25.0 Å². The van der Waals surface area contributed by atoms with Gasteiger partial charge >= 0.3 is 0 Å². The number of carbonyl (C=O) groups excluding carboxylic acids is 2. The Hall–Kier alpha value is -3.85. The van der Waals surface area contributed by atoms with Crippen LogP contribution in [0.3, 0.4) is 0 Å². The molecule has 0 saturated heterocycles. The van der Waals surface area contributed by atoms with Gasteiger partial charge in [-0.3, -0.25) is 13.9 Å². The fourth-order valence-corrected chi connectivity index (χ4v) is 5.30. The number of hydrogen-bond donors (Lipinski definition) is 1. The average molecular weight is 524 g/mol. The molecule has 9 heteroatoms. The van der Waals surface area contributed by atoms with E-state index in [1.165, 1.54) is 24.1 Å². The highest BCUT2D eigenvalue weighted by molar-refractivity contribution is 7.92. The minimum Gasteiger partial charge on any atom is -0.497 e. The molecule has 0 radical (unpaired) electrons. The van der Waals surface area contributed by atoms with E-state index in [4.69, 9.17) is 4.74 Å². The van der Waals surface area contributed by atoms with Crippen molar-refractivity contribution in [3.8, 4) is 5.75 Å². The Morgan fingerprint density at radius 3 is 2.05 bits per heavy atom. The molecule has 0 heterocycles. The summed E-state index contributed by atoms with van der Waals surface area (Å²) in [6.07, 6.45) is 0.796. The summed E-state index contributed by atoms with van der Waals surface area (Å²) in [4.78, 5) is 27.7. The quantitative estimate of drug-likeness (QED) is 0.414. The van der Waals surface area contributed by atoms with Gasteiger partial charge < -0.3 is 15.0 Å². The summed E-state index contributed by atoms with van der Waals surface area (Å²) in [6, 6.07) is 21.4. The highest BCUT2D eigenvalue weighted by Crippen LogP contribution is 2.25. The summed E-state index contributed by atoms with van der Waals surface area (Å²) in [6.45, 7) is 3.27. The lowest BCUT2D eigenvalue weighted by Gasteiger charge is -2.31. The van der Waals surface area contributed by atoms with Gasteiger partial charge in [0, 0.05) is 13.6 Å². The van der Waals surface area contributed by atoms with Gasteiger partial charge in [-0.25, -0.2) is 8.42 Å². The number of nitrogens with zero attached hydrogens (tertiary/aromatic N) is 2. The number of carbonyl (C=O) groups is 2. The van der Waals surface area contributed by atoms with Crippen molar-refractivity contribution in [2.45, 2.75) is 37.8 Å². The van der Waals surface area contributed by atoms with E-state index in [2.05, 4.69) is 5.32 Å². The third-order valence-corrected chi connectivity index (χ3v) is 7.96. The molecule has 0 unspecified atom stereocenters. The molecule has 3 aromatic rings. The lowest BCUT2D eigenvalue weighted by Crippen LogP contribution is -2.50. The zero-order valence-corrected chi connectivity index (χ0v) is 22.4. The zero-order valence-electron chi connectivity index (χ0n) is 21.5. The molecule has 0 spiro atoms. The maximum atomic E-state index is 13.7. The number of methoxy groups -OCH3 is 1. The smallest absolute Gasteiger partial charge is 0.264 e. The number of nitrogens with one attached hydrogen (secondary N) is 1. The Kier molecular flexibility index (Phi) is 9.30. The SMILES string of the molecule is CCc1ccc(N(CC(=O)N(Cc2ccc(OC)cc2)[C@H](C)C(=O)NC)S(=O)(=O)c2ccccc2)cc1. The first-order valence-electron chi connectivity index (χ1n) is 12.0. The van der Waals surface area contributed by atoms with Crippen LogP contribution in [-0.4, -0.2) is 51.9 Å². The second kappa shape index (κ2) is 12.4. The number of likely N-dealkylation sites (N-methyl/N-ethyl adjacent to an activating group) is 1. The molecule has 1 N–H and O–H groups in total. The second-order valence-electron chi connectivity index (χ2n) is 8.50. The largest absolute Gasteiger partial charge is 0.497 e. The predicted molar refractivity (Wildman–Crippen MR) is 144 cm³/mol. The number of ether oxygens (including phenoxy) is 1. The minimum absolute atomic E-state index is 0.0726. The lowest BCUT2D eigenvalue weighted by molar-refractivity contribution is -0.139. The van der Waals surface area contributed by atoms with Gasteiger partial charge in [-0.15, -0.1) is 0 Å². The van der Waals surface area contributed by atoms with Crippen LogP contribution in [0.5, 0.6) is 5.75 Å². The standard InChI is InChI=1S/C28H33N3O5S/c1-5-22-11-15-24(16-12-22)31(37(34,35)26-9-7-6-8-10-26)20-27(32)30(21(2)28(33)29-3)19-23-13-17-25(36-4)18-14-23/h6-18,21H,5,19-20H2,1-4H3,(H,29,33)/t21-/m1/s1. The molecule has 196 valence electrons. The molecule has 0 fully saturated rings. The second-order valence-corrected chi connectivity index (χ2v) is 10.4. The van der Waals surface area contributed by atoms with Crippen molar-refractivity contribution >= 4 is 27.5 Å². The maximum Gasteiger partial charge on any atom is 0.264 e. The molecule has 0 aliphatic heterocycles. The van der Waals surface area contributed by atoms with Crippen molar-refractivity contribution < 1.29 is 22.7 Å². The Labute approximate surface area is 218 Å². The van der Waals surface area contributed by atoms with Crippen molar-refractivity contribution in [1.82, 2.24) is 10.2 Å². The number of aryl methyl sites for hydroxylation is 1. The molecule has 1 atom stereocenters. The Balaban J connectivity index is 2.00. The summed E-state index contributed by atoms with van der Waals surface area (Å²) >= 11 is 0. The van der Waals surface area contributed by atoms with Gasteiger partial charge in [-0.2, -0.15) is 0 Å². The number of benzene rings is 3. The summed E-state index contributed by atoms with van der Waals surface area (Å²) in [5, 5.41) is 2.57. The molecular weight excluding hydrogens is 490 g/mol. The van der Waals surface area contributed by atoms with E-state index in [0.29, 0.717) is 11.4 Å². The molecule has 8 nitrogen and oxygen atoms in total. The number of amides is 2. The molecule has 0 aliphatic rings. The van der Waals surface area contributed by atoms with Crippen LogP contribution in [0.15, 0.2) is 83.8 Å². The average Bonchev–Trinajstić information content (AvgIpc) is 2.94. The van der Waals surface area contributed by atoms with E-state index >= 15 is 0 Å². The molecule has 0 saturated carbocycles. The topological polar surface area (TPSA) is 96.0 Å². The summed E-state index contributed by atoms with van der Waals surface area (Å²) in [7, 11) is -1.01. The highest BCUT2D eigenvalue weighted by Gasteiger charge is 2.32.